The van der Waals surface area contributed by atoms with E-state index in [0.29, 0.717) is 23.2 Å². The Morgan fingerprint density at radius 2 is 1.62 bits per heavy atom. The number of rotatable bonds is 14. The smallest absolute Gasteiger partial charge is 0.335 e. The van der Waals surface area contributed by atoms with Gasteiger partial charge in [0.2, 0.25) is 0 Å². The van der Waals surface area contributed by atoms with Crippen LogP contribution in [0.1, 0.15) is 34.8 Å². The van der Waals surface area contributed by atoms with Crippen LogP contribution in [0.25, 0.3) is 11.1 Å². The second kappa shape index (κ2) is 14.6. The Kier molecular flexibility index (Phi) is 11.0. The van der Waals surface area contributed by atoms with Crippen molar-refractivity contribution in [2.45, 2.75) is 18.9 Å². The minimum Gasteiger partial charge on any atom is -0.478 e. The monoisotopic (exact) mass is 583 g/mol. The summed E-state index contributed by atoms with van der Waals surface area (Å²) in [6.45, 7) is 4.40. The molecular weight excluding hydrogens is 549 g/mol. The first-order valence-corrected chi connectivity index (χ1v) is 14.2. The van der Waals surface area contributed by atoms with Crippen LogP contribution in [0.2, 0.25) is 10.0 Å². The number of carboxylic acids is 1. The molecule has 0 amide bonds. The maximum Gasteiger partial charge on any atom is 0.335 e. The van der Waals surface area contributed by atoms with E-state index in [0.717, 1.165) is 42.0 Å². The normalized spacial score (nSPS) is 14.3. The Hall–Kier alpha value is -2.94. The molecule has 1 saturated heterocycles. The lowest BCUT2D eigenvalue weighted by Crippen LogP contribution is -2.40. The van der Waals surface area contributed by atoms with Gasteiger partial charge in [0.15, 0.2) is 5.78 Å². The van der Waals surface area contributed by atoms with Gasteiger partial charge in [0.25, 0.3) is 0 Å². The van der Waals surface area contributed by atoms with E-state index in [1.54, 1.807) is 31.4 Å². The summed E-state index contributed by atoms with van der Waals surface area (Å²) in [5.74, 6) is -0.880. The highest BCUT2D eigenvalue weighted by Crippen LogP contribution is 2.27. The molecule has 3 aromatic carbocycles. The minimum absolute atomic E-state index is 0.0112. The number of methoxy groups -OCH3 is 1. The van der Waals surface area contributed by atoms with Gasteiger partial charge >= 0.3 is 5.97 Å². The van der Waals surface area contributed by atoms with Gasteiger partial charge in [-0.25, -0.2) is 4.79 Å². The third-order valence-electron chi connectivity index (χ3n) is 7.16. The zero-order chi connectivity index (χ0) is 28.5. The predicted molar refractivity (Wildman–Crippen MR) is 161 cm³/mol. The van der Waals surface area contributed by atoms with Crippen molar-refractivity contribution < 1.29 is 19.4 Å². The van der Waals surface area contributed by atoms with E-state index in [1.165, 1.54) is 12.8 Å². The van der Waals surface area contributed by atoms with E-state index in [9.17, 15) is 9.59 Å². The van der Waals surface area contributed by atoms with Crippen molar-refractivity contribution in [1.29, 1.82) is 0 Å². The molecule has 1 heterocycles. The first kappa shape index (κ1) is 30.0. The molecule has 0 saturated carbocycles. The lowest BCUT2D eigenvalue weighted by atomic mass is 9.99. The maximum absolute atomic E-state index is 13.2. The van der Waals surface area contributed by atoms with Gasteiger partial charge in [-0.3, -0.25) is 4.79 Å². The fraction of sp³-hybridized carbons (Fsp3) is 0.355. The molecule has 2 N–H and O–H groups in total. The summed E-state index contributed by atoms with van der Waals surface area (Å²) in [6, 6.07) is 20.5. The molecule has 3 aromatic rings. The molecule has 0 radical (unpaired) electrons. The van der Waals surface area contributed by atoms with Crippen LogP contribution < -0.4 is 10.2 Å². The Labute approximate surface area is 245 Å². The number of benzene rings is 3. The molecule has 0 unspecified atom stereocenters. The Morgan fingerprint density at radius 1 is 0.975 bits per heavy atom. The van der Waals surface area contributed by atoms with E-state index >= 15 is 0 Å². The maximum atomic E-state index is 13.2. The van der Waals surface area contributed by atoms with Crippen molar-refractivity contribution in [3.8, 4) is 11.1 Å². The molecular formula is C31H35Cl2N3O4. The second-order valence-corrected chi connectivity index (χ2v) is 10.8. The number of carboxylic acid groups (broad SMARTS) is 1. The average Bonchev–Trinajstić information content (AvgIpc) is 3.48. The van der Waals surface area contributed by atoms with Gasteiger partial charge in [0.05, 0.1) is 35.3 Å². The summed E-state index contributed by atoms with van der Waals surface area (Å²) in [5, 5.41) is 13.6. The number of halogens is 2. The third kappa shape index (κ3) is 8.29. The largest absolute Gasteiger partial charge is 0.478 e. The summed E-state index contributed by atoms with van der Waals surface area (Å²) in [6.07, 6.45) is 2.38. The quantitative estimate of drug-likeness (QED) is 0.248. The molecule has 0 spiro atoms. The van der Waals surface area contributed by atoms with Crippen LogP contribution in [0.3, 0.4) is 0 Å². The number of aromatic carboxylic acids is 1. The molecule has 1 aliphatic rings. The second-order valence-electron chi connectivity index (χ2n) is 10.00. The number of hydrogen-bond donors (Lipinski definition) is 2. The number of nitrogens with zero attached hydrogens (tertiary/aromatic N) is 2. The molecule has 4 rings (SSSR count). The van der Waals surface area contributed by atoms with Crippen molar-refractivity contribution in [3.63, 3.8) is 0 Å². The Bertz CT molecular complexity index is 1280. The standard InChI is InChI=1S/C31H35Cl2N3O4/c1-40-17-16-36(26-12-13-28(32)29(33)18-26)20-27(37)19-34-30(21-35-14-2-3-15-35)24-8-4-22(5-9-24)23-6-10-25(11-7-23)31(38)39/h4-13,18,30,34H,2-3,14-17,19-21H2,1H3,(H,38,39)/t30-/m0/s1. The van der Waals surface area contributed by atoms with Gasteiger partial charge in [-0.05, 0) is 73.0 Å². The summed E-state index contributed by atoms with van der Waals surface area (Å²) >= 11 is 12.3. The number of likely N-dealkylation sites (tertiary alicyclic amines) is 1. The van der Waals surface area contributed by atoms with E-state index in [4.69, 9.17) is 33.0 Å². The lowest BCUT2D eigenvalue weighted by molar-refractivity contribution is -0.117. The van der Waals surface area contributed by atoms with E-state index in [-0.39, 0.29) is 30.5 Å². The summed E-state index contributed by atoms with van der Waals surface area (Å²) in [5.41, 5.74) is 4.15. The van der Waals surface area contributed by atoms with Gasteiger partial charge in [0, 0.05) is 31.9 Å². The minimum atomic E-state index is -0.939. The van der Waals surface area contributed by atoms with Crippen LogP contribution in [0.15, 0.2) is 66.7 Å². The van der Waals surface area contributed by atoms with Crippen molar-refractivity contribution >= 4 is 40.6 Å². The van der Waals surface area contributed by atoms with Crippen molar-refractivity contribution in [2.24, 2.45) is 0 Å². The predicted octanol–water partition coefficient (Wildman–Crippen LogP) is 5.81. The van der Waals surface area contributed by atoms with Gasteiger partial charge in [-0.2, -0.15) is 0 Å². The summed E-state index contributed by atoms with van der Waals surface area (Å²) in [4.78, 5) is 28.7. The molecule has 1 atom stereocenters. The number of anilines is 1. The summed E-state index contributed by atoms with van der Waals surface area (Å²) < 4.78 is 5.26. The Balaban J connectivity index is 1.44. The lowest BCUT2D eigenvalue weighted by Gasteiger charge is -2.27. The van der Waals surface area contributed by atoms with Gasteiger partial charge in [-0.15, -0.1) is 0 Å². The van der Waals surface area contributed by atoms with Crippen LogP contribution in [0.5, 0.6) is 0 Å². The van der Waals surface area contributed by atoms with Crippen LogP contribution in [-0.4, -0.2) is 74.7 Å². The molecule has 212 valence electrons. The van der Waals surface area contributed by atoms with Crippen LogP contribution >= 0.6 is 23.2 Å². The highest BCUT2D eigenvalue weighted by Gasteiger charge is 2.21. The number of carbonyl (C=O) groups excluding carboxylic acids is 1. The number of carbonyl (C=O) groups is 2. The fourth-order valence-corrected chi connectivity index (χ4v) is 5.21. The number of Topliss-reactive ketones (excluding diaryl/α,β-unsaturated/α-hetero) is 1. The highest BCUT2D eigenvalue weighted by molar-refractivity contribution is 6.42. The summed E-state index contributed by atoms with van der Waals surface area (Å²) in [7, 11) is 1.63. The molecule has 9 heteroatoms. The number of ketones is 1. The zero-order valence-electron chi connectivity index (χ0n) is 22.6. The number of hydrogen-bond acceptors (Lipinski definition) is 6. The van der Waals surface area contributed by atoms with E-state index in [1.807, 2.05) is 35.2 Å². The fourth-order valence-electron chi connectivity index (χ4n) is 4.91. The topological polar surface area (TPSA) is 82.1 Å². The number of nitrogens with one attached hydrogen (secondary N) is 1. The van der Waals surface area contributed by atoms with Gasteiger partial charge in [0.1, 0.15) is 0 Å². The third-order valence-corrected chi connectivity index (χ3v) is 7.90. The van der Waals surface area contributed by atoms with Crippen molar-refractivity contribution in [2.75, 3.05) is 57.9 Å². The Morgan fingerprint density at radius 3 is 2.23 bits per heavy atom. The van der Waals surface area contributed by atoms with Crippen LogP contribution in [0.4, 0.5) is 5.69 Å². The van der Waals surface area contributed by atoms with Crippen LogP contribution in [0, 0.1) is 0 Å². The molecule has 1 aliphatic heterocycles. The van der Waals surface area contributed by atoms with Crippen LogP contribution in [-0.2, 0) is 9.53 Å². The molecule has 0 bridgehead atoms. The van der Waals surface area contributed by atoms with E-state index in [2.05, 4.69) is 22.3 Å². The molecule has 0 aromatic heterocycles. The SMILES string of the molecule is COCCN(CC(=O)CN[C@@H](CN1CCCC1)c1ccc(-c2ccc(C(=O)O)cc2)cc1)c1ccc(Cl)c(Cl)c1. The van der Waals surface area contributed by atoms with Gasteiger partial charge in [-0.1, -0.05) is 59.6 Å². The van der Waals surface area contributed by atoms with Crippen molar-refractivity contribution in [3.05, 3.63) is 87.9 Å². The van der Waals surface area contributed by atoms with Crippen molar-refractivity contribution in [1.82, 2.24) is 10.2 Å². The molecule has 7 nitrogen and oxygen atoms in total. The van der Waals surface area contributed by atoms with E-state index < -0.39 is 5.97 Å². The number of ether oxygens (including phenoxy) is 1. The molecule has 40 heavy (non-hydrogen) atoms. The first-order chi connectivity index (χ1) is 19.3. The molecule has 1 fully saturated rings. The molecule has 0 aliphatic carbocycles. The average molecular weight is 585 g/mol. The highest BCUT2D eigenvalue weighted by atomic mass is 35.5. The zero-order valence-corrected chi connectivity index (χ0v) is 24.1. The first-order valence-electron chi connectivity index (χ1n) is 13.4. The van der Waals surface area contributed by atoms with Gasteiger partial charge < -0.3 is 25.0 Å².